The van der Waals surface area contributed by atoms with Gasteiger partial charge in [-0.3, -0.25) is 4.79 Å². The van der Waals surface area contributed by atoms with Gasteiger partial charge in [0.2, 0.25) is 5.91 Å². The van der Waals surface area contributed by atoms with Crippen molar-refractivity contribution in [1.82, 2.24) is 4.57 Å². The minimum atomic E-state index is -3.62. The fourth-order valence-electron chi connectivity index (χ4n) is 4.14. The number of aryl methyl sites for hydroxylation is 2. The number of benzene rings is 3. The summed E-state index contributed by atoms with van der Waals surface area (Å²) in [6, 6.07) is 20.9. The summed E-state index contributed by atoms with van der Waals surface area (Å²) in [7, 11) is -3.62. The van der Waals surface area contributed by atoms with Gasteiger partial charge in [0.1, 0.15) is 6.54 Å². The number of carbonyl (C=O) groups excluding carboxylic acids is 1. The van der Waals surface area contributed by atoms with Crippen molar-refractivity contribution < 1.29 is 13.2 Å². The monoisotopic (exact) mass is 474 g/mol. The van der Waals surface area contributed by atoms with E-state index in [0.29, 0.717) is 22.5 Å². The molecule has 3 aromatic carbocycles. The lowest BCUT2D eigenvalue weighted by Crippen LogP contribution is -2.18. The summed E-state index contributed by atoms with van der Waals surface area (Å²) < 4.78 is 28.6. The van der Waals surface area contributed by atoms with Crippen molar-refractivity contribution in [3.8, 4) is 0 Å². The molecule has 0 unspecified atom stereocenters. The highest BCUT2D eigenvalue weighted by Crippen LogP contribution is 2.29. The van der Waals surface area contributed by atoms with Gasteiger partial charge >= 0.3 is 0 Å². The maximum absolute atomic E-state index is 13.4. The maximum Gasteiger partial charge on any atom is 0.244 e. The molecule has 176 valence electrons. The van der Waals surface area contributed by atoms with Crippen molar-refractivity contribution in [1.29, 1.82) is 0 Å². The molecule has 34 heavy (non-hydrogen) atoms. The predicted molar refractivity (Wildman–Crippen MR) is 138 cm³/mol. The largest absolute Gasteiger partial charge is 0.337 e. The zero-order valence-corrected chi connectivity index (χ0v) is 20.8. The first-order chi connectivity index (χ1) is 16.1. The van der Waals surface area contributed by atoms with Gasteiger partial charge in [-0.1, -0.05) is 67.9 Å². The van der Waals surface area contributed by atoms with Gasteiger partial charge in [-0.05, 0) is 54.7 Å². The zero-order chi connectivity index (χ0) is 24.5. The van der Waals surface area contributed by atoms with Gasteiger partial charge in [-0.15, -0.1) is 0 Å². The summed E-state index contributed by atoms with van der Waals surface area (Å²) in [4.78, 5) is 13.0. The molecule has 5 nitrogen and oxygen atoms in total. The van der Waals surface area contributed by atoms with Crippen LogP contribution in [0.5, 0.6) is 0 Å². The molecule has 0 aliphatic rings. The van der Waals surface area contributed by atoms with Crippen molar-refractivity contribution in [2.45, 2.75) is 50.8 Å². The van der Waals surface area contributed by atoms with E-state index in [9.17, 15) is 13.2 Å². The van der Waals surface area contributed by atoms with Crippen LogP contribution in [0.2, 0.25) is 0 Å². The minimum absolute atomic E-state index is 0.0193. The quantitative estimate of drug-likeness (QED) is 0.357. The Hall–Kier alpha value is -3.38. The molecule has 0 aliphatic heterocycles. The van der Waals surface area contributed by atoms with Crippen molar-refractivity contribution in [3.05, 3.63) is 95.2 Å². The first-order valence-electron chi connectivity index (χ1n) is 11.4. The van der Waals surface area contributed by atoms with Crippen LogP contribution in [-0.2, 0) is 26.9 Å². The molecular weight excluding hydrogens is 444 g/mol. The highest BCUT2D eigenvalue weighted by Gasteiger charge is 2.23. The second-order valence-corrected chi connectivity index (χ2v) is 11.1. The Labute approximate surface area is 201 Å². The molecule has 1 amide bonds. The Balaban J connectivity index is 1.61. The molecule has 0 bridgehead atoms. The molecule has 4 aromatic rings. The van der Waals surface area contributed by atoms with Gasteiger partial charge in [0.05, 0.1) is 10.6 Å². The number of hydrogen-bond acceptors (Lipinski definition) is 3. The molecule has 6 heteroatoms. The molecule has 0 saturated carbocycles. The van der Waals surface area contributed by atoms with Gasteiger partial charge in [-0.2, -0.15) is 0 Å². The lowest BCUT2D eigenvalue weighted by atomic mass is 10.0. The Bertz CT molecular complexity index is 1450. The van der Waals surface area contributed by atoms with Crippen LogP contribution in [0.25, 0.3) is 10.9 Å². The first-order valence-corrected chi connectivity index (χ1v) is 13.1. The van der Waals surface area contributed by atoms with Crippen molar-refractivity contribution >= 4 is 32.3 Å². The number of fused-ring (bicyclic) bond motifs is 1. The molecule has 0 radical (unpaired) electrons. The van der Waals surface area contributed by atoms with E-state index in [4.69, 9.17) is 0 Å². The van der Waals surface area contributed by atoms with E-state index in [1.165, 1.54) is 5.56 Å². The second-order valence-electron chi connectivity index (χ2n) is 9.15. The third-order valence-corrected chi connectivity index (χ3v) is 7.80. The van der Waals surface area contributed by atoms with Crippen LogP contribution < -0.4 is 5.32 Å². The number of para-hydroxylation sites is 1. The number of sulfone groups is 1. The van der Waals surface area contributed by atoms with Crippen LogP contribution in [0.3, 0.4) is 0 Å². The number of amides is 1. The SMILES string of the molecule is Cc1ccc(C)c(CS(=O)(=O)c2cn(CC(=O)Nc3ccc(C(C)C)cc3)c3ccccc23)c1. The van der Waals surface area contributed by atoms with E-state index in [1.54, 1.807) is 16.8 Å². The Morgan fingerprint density at radius 2 is 1.68 bits per heavy atom. The number of nitrogens with one attached hydrogen (secondary N) is 1. The third-order valence-electron chi connectivity index (χ3n) is 6.11. The highest BCUT2D eigenvalue weighted by molar-refractivity contribution is 7.90. The van der Waals surface area contributed by atoms with E-state index in [-0.39, 0.29) is 23.1 Å². The number of anilines is 1. The minimum Gasteiger partial charge on any atom is -0.337 e. The number of aromatic nitrogens is 1. The van der Waals surface area contributed by atoms with E-state index in [0.717, 1.165) is 16.7 Å². The molecule has 1 heterocycles. The fourth-order valence-corrected chi connectivity index (χ4v) is 5.81. The molecule has 4 rings (SSSR count). The van der Waals surface area contributed by atoms with Crippen molar-refractivity contribution in [2.24, 2.45) is 0 Å². The Morgan fingerprint density at radius 1 is 0.971 bits per heavy atom. The predicted octanol–water partition coefficient (Wildman–Crippen LogP) is 5.99. The standard InChI is InChI=1S/C28H30N2O3S/c1-19(2)22-11-13-24(14-12-22)29-28(31)17-30-16-27(25-7-5-6-8-26(25)30)34(32,33)18-23-15-20(3)9-10-21(23)4/h5-16,19H,17-18H2,1-4H3,(H,29,31). The molecule has 1 aromatic heterocycles. The lowest BCUT2D eigenvalue weighted by molar-refractivity contribution is -0.116. The number of hydrogen-bond donors (Lipinski definition) is 1. The van der Waals surface area contributed by atoms with Gasteiger partial charge < -0.3 is 9.88 Å². The average Bonchev–Trinajstić information content (AvgIpc) is 3.16. The summed E-state index contributed by atoms with van der Waals surface area (Å²) in [5, 5.41) is 3.54. The number of rotatable bonds is 7. The molecule has 1 N–H and O–H groups in total. The van der Waals surface area contributed by atoms with Crippen LogP contribution in [0.1, 0.15) is 42.0 Å². The summed E-state index contributed by atoms with van der Waals surface area (Å²) >= 11 is 0. The smallest absolute Gasteiger partial charge is 0.244 e. The third kappa shape index (κ3) is 5.07. The molecule has 0 spiro atoms. The summed E-state index contributed by atoms with van der Waals surface area (Å²) in [6.45, 7) is 8.14. The summed E-state index contributed by atoms with van der Waals surface area (Å²) in [5.41, 5.74) is 5.39. The summed E-state index contributed by atoms with van der Waals surface area (Å²) in [6.07, 6.45) is 1.59. The van der Waals surface area contributed by atoms with E-state index < -0.39 is 9.84 Å². The Kier molecular flexibility index (Phi) is 6.62. The zero-order valence-electron chi connectivity index (χ0n) is 20.0. The van der Waals surface area contributed by atoms with Gasteiger partial charge in [0.15, 0.2) is 9.84 Å². The second kappa shape index (κ2) is 9.47. The average molecular weight is 475 g/mol. The molecule has 0 atom stereocenters. The number of carbonyl (C=O) groups is 1. The van der Waals surface area contributed by atoms with Crippen LogP contribution in [0.4, 0.5) is 5.69 Å². The van der Waals surface area contributed by atoms with E-state index in [2.05, 4.69) is 19.2 Å². The first kappa shape index (κ1) is 23.8. The highest BCUT2D eigenvalue weighted by atomic mass is 32.2. The lowest BCUT2D eigenvalue weighted by Gasteiger charge is -2.09. The van der Waals surface area contributed by atoms with Crippen LogP contribution in [-0.4, -0.2) is 18.9 Å². The van der Waals surface area contributed by atoms with Gasteiger partial charge in [0.25, 0.3) is 0 Å². The van der Waals surface area contributed by atoms with Crippen LogP contribution in [0, 0.1) is 13.8 Å². The van der Waals surface area contributed by atoms with E-state index >= 15 is 0 Å². The normalized spacial score (nSPS) is 11.8. The Morgan fingerprint density at radius 3 is 2.38 bits per heavy atom. The maximum atomic E-state index is 13.4. The van der Waals surface area contributed by atoms with Crippen molar-refractivity contribution in [3.63, 3.8) is 0 Å². The molecule has 0 fully saturated rings. The molecule has 0 saturated heterocycles. The van der Waals surface area contributed by atoms with Gasteiger partial charge in [0, 0.05) is 22.8 Å². The molecular formula is C28H30N2O3S. The number of nitrogens with zero attached hydrogens (tertiary/aromatic N) is 1. The molecule has 0 aliphatic carbocycles. The topological polar surface area (TPSA) is 68.2 Å². The summed E-state index contributed by atoms with van der Waals surface area (Å²) in [5.74, 6) is 0.125. The van der Waals surface area contributed by atoms with Crippen molar-refractivity contribution in [2.75, 3.05) is 5.32 Å². The fraction of sp³-hybridized carbons (Fsp3) is 0.250. The van der Waals surface area contributed by atoms with Crippen LogP contribution in [0.15, 0.2) is 77.8 Å². The van der Waals surface area contributed by atoms with E-state index in [1.807, 2.05) is 74.5 Å². The van der Waals surface area contributed by atoms with Crippen LogP contribution >= 0.6 is 0 Å². The van der Waals surface area contributed by atoms with Gasteiger partial charge in [-0.25, -0.2) is 8.42 Å².